The summed E-state index contributed by atoms with van der Waals surface area (Å²) in [5.41, 5.74) is 2.18. The number of rotatable bonds is 2. The molecule has 2 heteroatoms. The maximum atomic E-state index is 13.8. The third-order valence-electron chi connectivity index (χ3n) is 2.59. The number of terminal acetylenes is 1. The van der Waals surface area contributed by atoms with E-state index in [9.17, 15) is 4.39 Å². The van der Waals surface area contributed by atoms with Crippen LogP contribution in [0.3, 0.4) is 0 Å². The van der Waals surface area contributed by atoms with Crippen molar-refractivity contribution in [3.63, 3.8) is 0 Å². The van der Waals surface area contributed by atoms with Crippen LogP contribution in [0.5, 0.6) is 0 Å². The summed E-state index contributed by atoms with van der Waals surface area (Å²) in [6.45, 7) is 2.04. The normalized spacial score (nSPS) is 10.3. The summed E-state index contributed by atoms with van der Waals surface area (Å²) in [6.07, 6.45) is 8.84. The van der Waals surface area contributed by atoms with Crippen LogP contribution in [0.25, 0.3) is 10.9 Å². The van der Waals surface area contributed by atoms with Gasteiger partial charge >= 0.3 is 0 Å². The standard InChI is InChI=1S/C14H12FN/c1-3-6-10-9-13(15)12-7-5-8-16-14(12)11(10)4-2/h2,5,7-9H,3,6H2,1H3. The van der Waals surface area contributed by atoms with Gasteiger partial charge in [0.15, 0.2) is 0 Å². The number of pyridine rings is 1. The van der Waals surface area contributed by atoms with Gasteiger partial charge in [-0.15, -0.1) is 6.42 Å². The van der Waals surface area contributed by atoms with Crippen LogP contribution in [0.2, 0.25) is 0 Å². The highest BCUT2D eigenvalue weighted by molar-refractivity contribution is 5.86. The topological polar surface area (TPSA) is 12.9 Å². The molecule has 0 N–H and O–H groups in total. The molecule has 2 aromatic rings. The molecule has 1 nitrogen and oxygen atoms in total. The monoisotopic (exact) mass is 213 g/mol. The fourth-order valence-corrected chi connectivity index (χ4v) is 1.88. The van der Waals surface area contributed by atoms with Gasteiger partial charge < -0.3 is 0 Å². The van der Waals surface area contributed by atoms with Crippen molar-refractivity contribution < 1.29 is 4.39 Å². The first-order valence-corrected chi connectivity index (χ1v) is 5.30. The summed E-state index contributed by atoms with van der Waals surface area (Å²) < 4.78 is 13.8. The van der Waals surface area contributed by atoms with Crippen LogP contribution in [-0.4, -0.2) is 4.98 Å². The molecule has 1 heterocycles. The van der Waals surface area contributed by atoms with E-state index in [1.807, 2.05) is 6.92 Å². The molecular formula is C14H12FN. The molecule has 80 valence electrons. The molecule has 1 aromatic carbocycles. The lowest BCUT2D eigenvalue weighted by molar-refractivity contribution is 0.636. The number of aryl methyl sites for hydroxylation is 1. The first kappa shape index (κ1) is 10.6. The van der Waals surface area contributed by atoms with E-state index in [-0.39, 0.29) is 5.82 Å². The molecule has 0 aliphatic carbocycles. The summed E-state index contributed by atoms with van der Waals surface area (Å²) in [5.74, 6) is 2.38. The first-order valence-electron chi connectivity index (χ1n) is 5.30. The zero-order chi connectivity index (χ0) is 11.5. The van der Waals surface area contributed by atoms with Crippen LogP contribution in [0.15, 0.2) is 24.4 Å². The molecule has 16 heavy (non-hydrogen) atoms. The maximum Gasteiger partial charge on any atom is 0.132 e. The van der Waals surface area contributed by atoms with Crippen molar-refractivity contribution in [1.82, 2.24) is 4.98 Å². The summed E-state index contributed by atoms with van der Waals surface area (Å²) >= 11 is 0. The van der Waals surface area contributed by atoms with Gasteiger partial charge in [0.1, 0.15) is 5.82 Å². The summed E-state index contributed by atoms with van der Waals surface area (Å²) in [5, 5.41) is 0.496. The minimum atomic E-state index is -0.245. The number of aromatic nitrogens is 1. The average Bonchev–Trinajstić information content (AvgIpc) is 2.30. The Kier molecular flexibility index (Phi) is 2.87. The lowest BCUT2D eigenvalue weighted by Crippen LogP contribution is -1.96. The lowest BCUT2D eigenvalue weighted by atomic mass is 9.99. The number of hydrogen-bond acceptors (Lipinski definition) is 1. The van der Waals surface area contributed by atoms with Gasteiger partial charge in [0.25, 0.3) is 0 Å². The molecule has 0 atom stereocenters. The summed E-state index contributed by atoms with van der Waals surface area (Å²) in [6, 6.07) is 4.95. The van der Waals surface area contributed by atoms with E-state index in [1.54, 1.807) is 18.3 Å². The molecule has 0 unspecified atom stereocenters. The minimum absolute atomic E-state index is 0.245. The predicted molar refractivity (Wildman–Crippen MR) is 63.6 cm³/mol. The Balaban J connectivity index is 2.81. The minimum Gasteiger partial charge on any atom is -0.255 e. The number of benzene rings is 1. The quantitative estimate of drug-likeness (QED) is 0.697. The van der Waals surface area contributed by atoms with Crippen LogP contribution < -0.4 is 0 Å². The van der Waals surface area contributed by atoms with Crippen molar-refractivity contribution in [3.05, 3.63) is 41.3 Å². The number of nitrogens with zero attached hydrogens (tertiary/aromatic N) is 1. The second kappa shape index (κ2) is 4.32. The number of hydrogen-bond donors (Lipinski definition) is 0. The molecule has 0 bridgehead atoms. The first-order chi connectivity index (χ1) is 7.77. The Labute approximate surface area is 94.3 Å². The van der Waals surface area contributed by atoms with Crippen molar-refractivity contribution in [2.45, 2.75) is 19.8 Å². The van der Waals surface area contributed by atoms with Gasteiger partial charge in [-0.2, -0.15) is 0 Å². The largest absolute Gasteiger partial charge is 0.255 e. The Hall–Kier alpha value is -1.88. The van der Waals surface area contributed by atoms with Crippen LogP contribution in [-0.2, 0) is 6.42 Å². The van der Waals surface area contributed by atoms with Crippen molar-refractivity contribution in [2.24, 2.45) is 0 Å². The lowest BCUT2D eigenvalue weighted by Gasteiger charge is -2.07. The van der Waals surface area contributed by atoms with Gasteiger partial charge in [-0.05, 0) is 30.2 Å². The molecule has 0 fully saturated rings. The molecule has 0 saturated heterocycles. The van der Waals surface area contributed by atoms with Crippen LogP contribution in [0.4, 0.5) is 4.39 Å². The second-order valence-corrected chi connectivity index (χ2v) is 3.69. The SMILES string of the molecule is C#Cc1c(CCC)cc(F)c2cccnc12. The van der Waals surface area contributed by atoms with Gasteiger partial charge in [-0.1, -0.05) is 19.3 Å². The zero-order valence-electron chi connectivity index (χ0n) is 9.13. The Morgan fingerprint density at radius 2 is 2.31 bits per heavy atom. The van der Waals surface area contributed by atoms with E-state index in [4.69, 9.17) is 6.42 Å². The van der Waals surface area contributed by atoms with Crippen molar-refractivity contribution in [3.8, 4) is 12.3 Å². The zero-order valence-corrected chi connectivity index (χ0v) is 9.13. The van der Waals surface area contributed by atoms with Crippen LogP contribution >= 0.6 is 0 Å². The molecule has 0 aliphatic rings. The smallest absolute Gasteiger partial charge is 0.132 e. The number of halogens is 1. The summed E-state index contributed by atoms with van der Waals surface area (Å²) in [4.78, 5) is 4.17. The van der Waals surface area contributed by atoms with E-state index < -0.39 is 0 Å². The van der Waals surface area contributed by atoms with Gasteiger partial charge in [0, 0.05) is 11.6 Å². The molecule has 0 aliphatic heterocycles. The third-order valence-corrected chi connectivity index (χ3v) is 2.59. The highest BCUT2D eigenvalue weighted by atomic mass is 19.1. The van der Waals surface area contributed by atoms with Crippen LogP contribution in [0, 0.1) is 18.2 Å². The van der Waals surface area contributed by atoms with E-state index in [0.29, 0.717) is 10.9 Å². The molecule has 0 spiro atoms. The van der Waals surface area contributed by atoms with Crippen molar-refractivity contribution in [1.29, 1.82) is 0 Å². The maximum absolute atomic E-state index is 13.8. The van der Waals surface area contributed by atoms with E-state index in [0.717, 1.165) is 24.0 Å². The fraction of sp³-hybridized carbons (Fsp3) is 0.214. The van der Waals surface area contributed by atoms with Crippen molar-refractivity contribution in [2.75, 3.05) is 0 Å². The Morgan fingerprint density at radius 3 is 3.00 bits per heavy atom. The molecule has 0 amide bonds. The van der Waals surface area contributed by atoms with E-state index in [1.165, 1.54) is 6.07 Å². The highest BCUT2D eigenvalue weighted by Crippen LogP contribution is 2.23. The molecule has 1 aromatic heterocycles. The summed E-state index contributed by atoms with van der Waals surface area (Å²) in [7, 11) is 0. The predicted octanol–water partition coefficient (Wildman–Crippen LogP) is 3.31. The molecule has 2 rings (SSSR count). The number of fused-ring (bicyclic) bond motifs is 1. The van der Waals surface area contributed by atoms with E-state index in [2.05, 4.69) is 10.9 Å². The van der Waals surface area contributed by atoms with E-state index >= 15 is 0 Å². The second-order valence-electron chi connectivity index (χ2n) is 3.69. The van der Waals surface area contributed by atoms with Crippen LogP contribution in [0.1, 0.15) is 24.5 Å². The molecule has 0 radical (unpaired) electrons. The van der Waals surface area contributed by atoms with Gasteiger partial charge in [-0.25, -0.2) is 4.39 Å². The molecular weight excluding hydrogens is 201 g/mol. The fourth-order valence-electron chi connectivity index (χ4n) is 1.88. The van der Waals surface area contributed by atoms with Gasteiger partial charge in [0.2, 0.25) is 0 Å². The Morgan fingerprint density at radius 1 is 1.50 bits per heavy atom. The van der Waals surface area contributed by atoms with Gasteiger partial charge in [-0.3, -0.25) is 4.98 Å². The van der Waals surface area contributed by atoms with Gasteiger partial charge in [0.05, 0.1) is 11.1 Å². The Bertz CT molecular complexity index is 567. The molecule has 0 saturated carbocycles. The third kappa shape index (κ3) is 1.65. The average molecular weight is 213 g/mol. The van der Waals surface area contributed by atoms with Crippen molar-refractivity contribution >= 4 is 10.9 Å². The highest BCUT2D eigenvalue weighted by Gasteiger charge is 2.10.